The first-order chi connectivity index (χ1) is 10.1. The van der Waals surface area contributed by atoms with Gasteiger partial charge < -0.3 is 9.15 Å². The molecule has 0 aliphatic heterocycles. The third-order valence-corrected chi connectivity index (χ3v) is 3.66. The Labute approximate surface area is 127 Å². The normalized spacial score (nSPS) is 10.8. The average Bonchev–Trinajstić information content (AvgIpc) is 2.92. The monoisotopic (exact) mass is 300 g/mol. The van der Waals surface area contributed by atoms with Crippen LogP contribution in [0.4, 0.5) is 0 Å². The van der Waals surface area contributed by atoms with Crippen molar-refractivity contribution in [2.75, 3.05) is 7.11 Å². The van der Waals surface area contributed by atoms with Crippen molar-refractivity contribution in [1.82, 2.24) is 0 Å². The van der Waals surface area contributed by atoms with E-state index in [1.807, 2.05) is 13.0 Å². The van der Waals surface area contributed by atoms with E-state index in [0.29, 0.717) is 21.9 Å². The molecule has 3 aromatic rings. The predicted octanol–water partition coefficient (Wildman–Crippen LogP) is 4.63. The summed E-state index contributed by atoms with van der Waals surface area (Å²) in [4.78, 5) is 12.6. The van der Waals surface area contributed by atoms with Crippen LogP contribution in [0.5, 0.6) is 5.75 Å². The van der Waals surface area contributed by atoms with Gasteiger partial charge in [-0.3, -0.25) is 4.79 Å². The smallest absolute Gasteiger partial charge is 0.231 e. The summed E-state index contributed by atoms with van der Waals surface area (Å²) in [5, 5.41) is 1.29. The molecule has 0 amide bonds. The first kappa shape index (κ1) is 13.7. The number of hydrogen-bond acceptors (Lipinski definition) is 3. The molecule has 0 fully saturated rings. The molecule has 0 bridgehead atoms. The van der Waals surface area contributed by atoms with Gasteiger partial charge in [0.15, 0.2) is 5.76 Å². The van der Waals surface area contributed by atoms with E-state index in [1.165, 1.54) is 7.11 Å². The van der Waals surface area contributed by atoms with Crippen molar-refractivity contribution in [1.29, 1.82) is 0 Å². The molecular weight excluding hydrogens is 288 g/mol. The van der Waals surface area contributed by atoms with E-state index in [0.717, 1.165) is 10.9 Å². The van der Waals surface area contributed by atoms with Crippen molar-refractivity contribution in [3.05, 3.63) is 64.4 Å². The SMILES string of the molecule is COc1ccc(C)cc1C(=O)c1cc2c(Cl)cccc2o1. The lowest BCUT2D eigenvalue weighted by molar-refractivity contribution is 0.101. The van der Waals surface area contributed by atoms with Crippen LogP contribution in [0, 0.1) is 6.92 Å². The molecule has 0 unspecified atom stereocenters. The van der Waals surface area contributed by atoms with Gasteiger partial charge in [-0.15, -0.1) is 0 Å². The fraction of sp³-hybridized carbons (Fsp3) is 0.118. The van der Waals surface area contributed by atoms with Crippen LogP contribution < -0.4 is 4.74 Å². The van der Waals surface area contributed by atoms with Crippen molar-refractivity contribution >= 4 is 28.4 Å². The van der Waals surface area contributed by atoms with Gasteiger partial charge in [-0.2, -0.15) is 0 Å². The molecular formula is C17H13ClO3. The summed E-state index contributed by atoms with van der Waals surface area (Å²) in [6.45, 7) is 1.92. The van der Waals surface area contributed by atoms with Crippen molar-refractivity contribution in [3.63, 3.8) is 0 Å². The number of carbonyl (C=O) groups is 1. The Bertz CT molecular complexity index is 833. The van der Waals surface area contributed by atoms with Gasteiger partial charge in [0, 0.05) is 5.39 Å². The lowest BCUT2D eigenvalue weighted by atomic mass is 10.0. The third kappa shape index (κ3) is 2.41. The van der Waals surface area contributed by atoms with Crippen LogP contribution in [0.3, 0.4) is 0 Å². The highest BCUT2D eigenvalue weighted by atomic mass is 35.5. The van der Waals surface area contributed by atoms with Crippen molar-refractivity contribution < 1.29 is 13.9 Å². The van der Waals surface area contributed by atoms with E-state index in [4.69, 9.17) is 20.8 Å². The Balaban J connectivity index is 2.12. The molecule has 21 heavy (non-hydrogen) atoms. The fourth-order valence-electron chi connectivity index (χ4n) is 2.27. The molecule has 2 aromatic carbocycles. The first-order valence-corrected chi connectivity index (χ1v) is 6.85. The summed E-state index contributed by atoms with van der Waals surface area (Å²) in [7, 11) is 1.54. The summed E-state index contributed by atoms with van der Waals surface area (Å²) < 4.78 is 10.9. The Morgan fingerprint density at radius 3 is 2.71 bits per heavy atom. The van der Waals surface area contributed by atoms with E-state index in [-0.39, 0.29) is 11.5 Å². The van der Waals surface area contributed by atoms with Gasteiger partial charge in [-0.25, -0.2) is 0 Å². The number of rotatable bonds is 3. The number of aryl methyl sites for hydroxylation is 1. The summed E-state index contributed by atoms with van der Waals surface area (Å²) in [6, 6.07) is 12.5. The predicted molar refractivity (Wildman–Crippen MR) is 82.4 cm³/mol. The number of ether oxygens (including phenoxy) is 1. The Morgan fingerprint density at radius 1 is 1.19 bits per heavy atom. The molecule has 0 N–H and O–H groups in total. The lowest BCUT2D eigenvalue weighted by Gasteiger charge is -2.06. The van der Waals surface area contributed by atoms with Crippen LogP contribution in [0.1, 0.15) is 21.7 Å². The number of carbonyl (C=O) groups excluding carboxylic acids is 1. The second kappa shape index (κ2) is 5.26. The first-order valence-electron chi connectivity index (χ1n) is 6.47. The van der Waals surface area contributed by atoms with Crippen molar-refractivity contribution in [3.8, 4) is 5.75 Å². The largest absolute Gasteiger partial charge is 0.496 e. The molecule has 0 saturated carbocycles. The number of benzene rings is 2. The number of furan rings is 1. The second-order valence-corrected chi connectivity index (χ2v) is 5.20. The highest BCUT2D eigenvalue weighted by Crippen LogP contribution is 2.29. The molecule has 1 heterocycles. The standard InChI is InChI=1S/C17H13ClO3/c1-10-6-7-14(20-2)12(8-10)17(19)16-9-11-13(18)4-3-5-15(11)21-16/h3-9H,1-2H3. The van der Waals surface area contributed by atoms with Crippen LogP contribution in [0.25, 0.3) is 11.0 Å². The average molecular weight is 301 g/mol. The zero-order chi connectivity index (χ0) is 15.0. The van der Waals surface area contributed by atoms with Crippen LogP contribution in [0.2, 0.25) is 5.02 Å². The van der Waals surface area contributed by atoms with E-state index in [1.54, 1.807) is 36.4 Å². The van der Waals surface area contributed by atoms with Gasteiger partial charge in [0.2, 0.25) is 5.78 Å². The highest BCUT2D eigenvalue weighted by Gasteiger charge is 2.19. The van der Waals surface area contributed by atoms with Gasteiger partial charge in [0.1, 0.15) is 11.3 Å². The van der Waals surface area contributed by atoms with Crippen LogP contribution >= 0.6 is 11.6 Å². The number of halogens is 1. The fourth-order valence-corrected chi connectivity index (χ4v) is 2.49. The van der Waals surface area contributed by atoms with Crippen molar-refractivity contribution in [2.24, 2.45) is 0 Å². The molecule has 106 valence electrons. The second-order valence-electron chi connectivity index (χ2n) is 4.80. The van der Waals surface area contributed by atoms with Crippen LogP contribution in [-0.2, 0) is 0 Å². The van der Waals surface area contributed by atoms with Gasteiger partial charge in [-0.05, 0) is 37.3 Å². The number of methoxy groups -OCH3 is 1. The van der Waals surface area contributed by atoms with Crippen LogP contribution in [0.15, 0.2) is 46.9 Å². The lowest BCUT2D eigenvalue weighted by Crippen LogP contribution is -2.03. The molecule has 1 aromatic heterocycles. The number of fused-ring (bicyclic) bond motifs is 1. The number of ketones is 1. The maximum atomic E-state index is 12.6. The third-order valence-electron chi connectivity index (χ3n) is 3.33. The van der Waals surface area contributed by atoms with Gasteiger partial charge in [0.25, 0.3) is 0 Å². The zero-order valence-electron chi connectivity index (χ0n) is 11.6. The minimum Gasteiger partial charge on any atom is -0.496 e. The molecule has 0 aliphatic rings. The molecule has 0 atom stereocenters. The molecule has 4 heteroatoms. The van der Waals surface area contributed by atoms with E-state index >= 15 is 0 Å². The molecule has 0 aliphatic carbocycles. The topological polar surface area (TPSA) is 39.4 Å². The van der Waals surface area contributed by atoms with E-state index in [2.05, 4.69) is 0 Å². The van der Waals surface area contributed by atoms with Crippen LogP contribution in [-0.4, -0.2) is 12.9 Å². The van der Waals surface area contributed by atoms with Gasteiger partial charge in [0.05, 0.1) is 17.7 Å². The van der Waals surface area contributed by atoms with E-state index < -0.39 is 0 Å². The molecule has 0 spiro atoms. The Hall–Kier alpha value is -2.26. The molecule has 3 rings (SSSR count). The highest BCUT2D eigenvalue weighted by molar-refractivity contribution is 6.35. The molecule has 0 saturated heterocycles. The van der Waals surface area contributed by atoms with Crippen molar-refractivity contribution in [2.45, 2.75) is 6.92 Å². The maximum Gasteiger partial charge on any atom is 0.231 e. The van der Waals surface area contributed by atoms with E-state index in [9.17, 15) is 4.79 Å². The quantitative estimate of drug-likeness (QED) is 0.662. The summed E-state index contributed by atoms with van der Waals surface area (Å²) in [5.41, 5.74) is 2.05. The molecule has 0 radical (unpaired) electrons. The van der Waals surface area contributed by atoms with Gasteiger partial charge >= 0.3 is 0 Å². The summed E-state index contributed by atoms with van der Waals surface area (Å²) in [5.74, 6) is 0.557. The Morgan fingerprint density at radius 2 is 2.00 bits per heavy atom. The minimum atomic E-state index is -0.220. The minimum absolute atomic E-state index is 0.220. The molecule has 3 nitrogen and oxygen atoms in total. The zero-order valence-corrected chi connectivity index (χ0v) is 12.4. The summed E-state index contributed by atoms with van der Waals surface area (Å²) in [6.07, 6.45) is 0. The Kier molecular flexibility index (Phi) is 3.43. The number of hydrogen-bond donors (Lipinski definition) is 0. The maximum absolute atomic E-state index is 12.6. The van der Waals surface area contributed by atoms with Gasteiger partial charge in [-0.1, -0.05) is 29.3 Å². The summed E-state index contributed by atoms with van der Waals surface area (Å²) >= 11 is 6.11.